The third-order valence-corrected chi connectivity index (χ3v) is 4.62. The summed E-state index contributed by atoms with van der Waals surface area (Å²) < 4.78 is 11.2. The zero-order chi connectivity index (χ0) is 16.7. The lowest BCUT2D eigenvalue weighted by Gasteiger charge is -2.28. The smallest absolute Gasteiger partial charge is 0.224 e. The summed E-state index contributed by atoms with van der Waals surface area (Å²) in [5.41, 5.74) is 0.791. The van der Waals surface area contributed by atoms with E-state index < -0.39 is 0 Å². The van der Waals surface area contributed by atoms with Crippen LogP contribution in [0, 0.1) is 5.92 Å². The average Bonchev–Trinajstić information content (AvgIpc) is 2.53. The van der Waals surface area contributed by atoms with Gasteiger partial charge in [0.1, 0.15) is 5.75 Å². The highest BCUT2D eigenvalue weighted by Crippen LogP contribution is 2.26. The minimum absolute atomic E-state index is 0.0501. The Morgan fingerprint density at radius 2 is 2.13 bits per heavy atom. The predicted molar refractivity (Wildman–Crippen MR) is 92.1 cm³/mol. The molecule has 2 rings (SSSR count). The fraction of sp³-hybridized carbons (Fsp3) is 0.611. The Bertz CT molecular complexity index is 521. The minimum atomic E-state index is -0.0501. The highest BCUT2D eigenvalue weighted by atomic mass is 35.5. The van der Waals surface area contributed by atoms with E-state index in [1.54, 1.807) is 25.3 Å². The van der Waals surface area contributed by atoms with Crippen LogP contribution in [-0.4, -0.2) is 32.3 Å². The van der Waals surface area contributed by atoms with Crippen LogP contribution in [0.5, 0.6) is 5.75 Å². The highest BCUT2D eigenvalue weighted by Gasteiger charge is 2.21. The van der Waals surface area contributed by atoms with E-state index in [9.17, 15) is 4.79 Å². The zero-order valence-corrected chi connectivity index (χ0v) is 14.7. The van der Waals surface area contributed by atoms with Crippen molar-refractivity contribution in [3.05, 3.63) is 28.8 Å². The van der Waals surface area contributed by atoms with Crippen LogP contribution in [0.15, 0.2) is 18.2 Å². The van der Waals surface area contributed by atoms with Gasteiger partial charge in [0.25, 0.3) is 0 Å². The second kappa shape index (κ2) is 9.14. The molecule has 0 heterocycles. The Balaban J connectivity index is 1.72. The maximum Gasteiger partial charge on any atom is 0.224 e. The van der Waals surface area contributed by atoms with Crippen LogP contribution >= 0.6 is 11.6 Å². The SMILES string of the molecule is COc1ccc(Cl)cc1CC(=O)NCCO[C@H]1CCCC[C@H]1C. The van der Waals surface area contributed by atoms with E-state index in [-0.39, 0.29) is 12.3 Å². The van der Waals surface area contributed by atoms with Crippen molar-refractivity contribution >= 4 is 17.5 Å². The topological polar surface area (TPSA) is 47.6 Å². The molecule has 1 fully saturated rings. The van der Waals surface area contributed by atoms with Crippen molar-refractivity contribution < 1.29 is 14.3 Å². The Labute approximate surface area is 143 Å². The van der Waals surface area contributed by atoms with Crippen molar-refractivity contribution in [2.75, 3.05) is 20.3 Å². The Kier molecular flexibility index (Phi) is 7.18. The monoisotopic (exact) mass is 339 g/mol. The van der Waals surface area contributed by atoms with Crippen molar-refractivity contribution in [3.8, 4) is 5.75 Å². The van der Waals surface area contributed by atoms with E-state index in [0.717, 1.165) is 12.0 Å². The molecule has 1 aromatic rings. The number of nitrogens with one attached hydrogen (secondary N) is 1. The molecule has 4 nitrogen and oxygen atoms in total. The van der Waals surface area contributed by atoms with Crippen molar-refractivity contribution in [1.29, 1.82) is 0 Å². The van der Waals surface area contributed by atoms with Gasteiger partial charge < -0.3 is 14.8 Å². The van der Waals surface area contributed by atoms with Crippen molar-refractivity contribution in [2.24, 2.45) is 5.92 Å². The standard InChI is InChI=1S/C18H26ClNO3/c1-13-5-3-4-6-16(13)23-10-9-20-18(21)12-14-11-15(19)7-8-17(14)22-2/h7-8,11,13,16H,3-6,9-10,12H2,1-2H3,(H,20,21)/t13-,16+/m1/s1. The fourth-order valence-corrected chi connectivity index (χ4v) is 3.25. The Morgan fingerprint density at radius 3 is 2.87 bits per heavy atom. The molecule has 23 heavy (non-hydrogen) atoms. The van der Waals surface area contributed by atoms with Crippen LogP contribution in [0.4, 0.5) is 0 Å². The van der Waals surface area contributed by atoms with Gasteiger partial charge in [-0.15, -0.1) is 0 Å². The number of carbonyl (C=O) groups excluding carboxylic acids is 1. The molecule has 1 aliphatic carbocycles. The van der Waals surface area contributed by atoms with Gasteiger partial charge >= 0.3 is 0 Å². The van der Waals surface area contributed by atoms with Gasteiger partial charge in [0.2, 0.25) is 5.91 Å². The minimum Gasteiger partial charge on any atom is -0.496 e. The summed E-state index contributed by atoms with van der Waals surface area (Å²) in [4.78, 5) is 12.0. The van der Waals surface area contributed by atoms with Crippen molar-refractivity contribution in [2.45, 2.75) is 45.1 Å². The van der Waals surface area contributed by atoms with Crippen LogP contribution in [-0.2, 0) is 16.0 Å². The molecule has 0 spiro atoms. The molecule has 128 valence electrons. The highest BCUT2D eigenvalue weighted by molar-refractivity contribution is 6.30. The van der Waals surface area contributed by atoms with Crippen molar-refractivity contribution in [3.63, 3.8) is 0 Å². The summed E-state index contributed by atoms with van der Waals surface area (Å²) in [6.07, 6.45) is 5.52. The van der Waals surface area contributed by atoms with E-state index in [4.69, 9.17) is 21.1 Å². The van der Waals surface area contributed by atoms with E-state index in [0.29, 0.717) is 35.9 Å². The normalized spacial score (nSPS) is 21.0. The van der Waals surface area contributed by atoms with Gasteiger partial charge in [-0.3, -0.25) is 4.79 Å². The lowest BCUT2D eigenvalue weighted by atomic mass is 9.88. The molecule has 1 aliphatic rings. The van der Waals surface area contributed by atoms with E-state index >= 15 is 0 Å². The second-order valence-electron chi connectivity index (χ2n) is 6.15. The second-order valence-corrected chi connectivity index (χ2v) is 6.59. The van der Waals surface area contributed by atoms with Gasteiger partial charge in [-0.05, 0) is 37.0 Å². The number of rotatable bonds is 7. The van der Waals surface area contributed by atoms with Gasteiger partial charge in [-0.2, -0.15) is 0 Å². The van der Waals surface area contributed by atoms with Crippen LogP contribution in [0.3, 0.4) is 0 Å². The fourth-order valence-electron chi connectivity index (χ4n) is 3.05. The molecule has 0 aromatic heterocycles. The van der Waals surface area contributed by atoms with E-state index in [2.05, 4.69) is 12.2 Å². The lowest BCUT2D eigenvalue weighted by Crippen LogP contribution is -2.32. The summed E-state index contributed by atoms with van der Waals surface area (Å²) in [7, 11) is 1.59. The molecule has 0 aliphatic heterocycles. The summed E-state index contributed by atoms with van der Waals surface area (Å²) in [5, 5.41) is 3.49. The Morgan fingerprint density at radius 1 is 1.35 bits per heavy atom. The molecule has 1 saturated carbocycles. The largest absolute Gasteiger partial charge is 0.496 e. The van der Waals surface area contributed by atoms with Crippen LogP contribution in [0.25, 0.3) is 0 Å². The number of amides is 1. The lowest BCUT2D eigenvalue weighted by molar-refractivity contribution is -0.120. The number of hydrogen-bond donors (Lipinski definition) is 1. The first-order valence-corrected chi connectivity index (χ1v) is 8.68. The molecular weight excluding hydrogens is 314 g/mol. The zero-order valence-electron chi connectivity index (χ0n) is 13.9. The molecule has 1 amide bonds. The molecule has 0 saturated heterocycles. The van der Waals surface area contributed by atoms with Gasteiger partial charge in [0.05, 0.1) is 26.2 Å². The number of ether oxygens (including phenoxy) is 2. The van der Waals surface area contributed by atoms with Crippen LogP contribution in [0.1, 0.15) is 38.2 Å². The maximum atomic E-state index is 12.0. The molecule has 0 unspecified atom stereocenters. The maximum absolute atomic E-state index is 12.0. The Hall–Kier alpha value is -1.26. The van der Waals surface area contributed by atoms with Crippen LogP contribution < -0.4 is 10.1 Å². The number of halogens is 1. The average molecular weight is 340 g/mol. The summed E-state index contributed by atoms with van der Waals surface area (Å²) in [5.74, 6) is 1.25. The van der Waals surface area contributed by atoms with Gasteiger partial charge in [-0.25, -0.2) is 0 Å². The number of methoxy groups -OCH3 is 1. The van der Waals surface area contributed by atoms with Crippen molar-refractivity contribution in [1.82, 2.24) is 5.32 Å². The predicted octanol–water partition coefficient (Wildman–Crippen LogP) is 3.60. The van der Waals surface area contributed by atoms with Gasteiger partial charge in [0, 0.05) is 17.1 Å². The first-order valence-electron chi connectivity index (χ1n) is 8.31. The number of carbonyl (C=O) groups is 1. The molecular formula is C18H26ClNO3. The van der Waals surface area contributed by atoms with Gasteiger partial charge in [-0.1, -0.05) is 31.4 Å². The molecule has 1 aromatic carbocycles. The third kappa shape index (κ3) is 5.70. The molecule has 0 radical (unpaired) electrons. The first-order chi connectivity index (χ1) is 11.1. The molecule has 2 atom stereocenters. The van der Waals surface area contributed by atoms with E-state index in [1.165, 1.54) is 19.3 Å². The molecule has 5 heteroatoms. The summed E-state index contributed by atoms with van der Waals surface area (Å²) in [6.45, 7) is 3.34. The summed E-state index contributed by atoms with van der Waals surface area (Å²) in [6, 6.07) is 5.29. The molecule has 0 bridgehead atoms. The third-order valence-electron chi connectivity index (χ3n) is 4.38. The molecule has 1 N–H and O–H groups in total. The number of benzene rings is 1. The summed E-state index contributed by atoms with van der Waals surface area (Å²) >= 11 is 5.98. The quantitative estimate of drug-likeness (QED) is 0.772. The number of hydrogen-bond acceptors (Lipinski definition) is 3. The van der Waals surface area contributed by atoms with Crippen LogP contribution in [0.2, 0.25) is 5.02 Å². The first kappa shape index (κ1) is 18.1. The van der Waals surface area contributed by atoms with E-state index in [1.807, 2.05) is 0 Å². The van der Waals surface area contributed by atoms with Gasteiger partial charge in [0.15, 0.2) is 0 Å².